The summed E-state index contributed by atoms with van der Waals surface area (Å²) in [6.07, 6.45) is 47.2. The maximum Gasteiger partial charge on any atom is 0.306 e. The van der Waals surface area contributed by atoms with Gasteiger partial charge in [0.2, 0.25) is 0 Å². The molecule has 2 heterocycles. The molecule has 7 N–H and O–H groups in total. The van der Waals surface area contributed by atoms with E-state index in [1.807, 2.05) is 0 Å². The molecule has 2 saturated heterocycles. The van der Waals surface area contributed by atoms with E-state index in [2.05, 4.69) is 26.0 Å². The van der Waals surface area contributed by atoms with Gasteiger partial charge in [0.1, 0.15) is 54.9 Å². The van der Waals surface area contributed by atoms with E-state index in [1.165, 1.54) is 244 Å². The summed E-state index contributed by atoms with van der Waals surface area (Å²) in [5, 5.41) is 72.6. The highest BCUT2D eigenvalue weighted by Crippen LogP contribution is 2.27. The van der Waals surface area contributed by atoms with Crippen molar-refractivity contribution in [2.45, 2.75) is 377 Å². The summed E-state index contributed by atoms with van der Waals surface area (Å²) >= 11 is 0. The van der Waals surface area contributed by atoms with Crippen LogP contribution >= 0.6 is 0 Å². The van der Waals surface area contributed by atoms with Crippen molar-refractivity contribution in [3.63, 3.8) is 0 Å². The summed E-state index contributed by atoms with van der Waals surface area (Å²) in [5.41, 5.74) is 0. The van der Waals surface area contributed by atoms with Gasteiger partial charge in [-0.25, -0.2) is 0 Å². The molecule has 0 aromatic carbocycles. The van der Waals surface area contributed by atoms with Crippen molar-refractivity contribution >= 4 is 5.97 Å². The Bertz CT molecular complexity index is 1390. The topological polar surface area (TPSA) is 214 Å². The molecule has 14 heteroatoms. The first-order chi connectivity index (χ1) is 39.6. The molecule has 0 radical (unpaired) electrons. The molecule has 0 amide bonds. The Kier molecular flexibility index (Phi) is 50.7. The van der Waals surface area contributed by atoms with Crippen molar-refractivity contribution in [2.24, 2.45) is 0 Å². The van der Waals surface area contributed by atoms with E-state index in [0.29, 0.717) is 6.61 Å². The molecule has 2 aliphatic rings. The fourth-order valence-corrected chi connectivity index (χ4v) is 11.3. The fraction of sp³-hybridized carbons (Fsp3) is 0.955. The van der Waals surface area contributed by atoms with Gasteiger partial charge in [-0.3, -0.25) is 4.79 Å². The van der Waals surface area contributed by atoms with Gasteiger partial charge in [-0.05, 0) is 38.5 Å². The number of carbonyl (C=O) groups is 1. The van der Waals surface area contributed by atoms with Crippen LogP contribution in [0, 0.1) is 0 Å². The summed E-state index contributed by atoms with van der Waals surface area (Å²) in [4.78, 5) is 13.1. The average molecular weight is 1160 g/mol. The van der Waals surface area contributed by atoms with Crippen LogP contribution in [0.3, 0.4) is 0 Å². The van der Waals surface area contributed by atoms with Crippen molar-refractivity contribution in [1.29, 1.82) is 0 Å². The third-order valence-electron chi connectivity index (χ3n) is 16.8. The first kappa shape index (κ1) is 75.8. The standard InChI is InChI=1S/C67H128O14/c1-3-5-7-9-11-13-15-17-19-21-23-25-26-27-28-29-31-33-35-37-39-41-43-45-47-49-51-76-53-56(54-77-66-65(75)63(73)61(71)58(81-66)55-78-67-64(74)62(72)60(70)57(52-68)80-67)79-59(69)50-48-46-44-42-40-38-36-34-32-30-24-22-20-18-16-14-12-10-8-6-4-2/h21,23,56-58,60-68,70-75H,3-20,22,24-55H2,1-2H3/b23-21-. The van der Waals surface area contributed by atoms with Crippen molar-refractivity contribution in [3.05, 3.63) is 12.2 Å². The van der Waals surface area contributed by atoms with E-state index in [4.69, 9.17) is 28.4 Å². The molecule has 0 spiro atoms. The van der Waals surface area contributed by atoms with Gasteiger partial charge in [-0.15, -0.1) is 0 Å². The fourth-order valence-electron chi connectivity index (χ4n) is 11.3. The first-order valence-corrected chi connectivity index (χ1v) is 34.3. The highest BCUT2D eigenvalue weighted by molar-refractivity contribution is 5.69. The minimum absolute atomic E-state index is 0.0689. The average Bonchev–Trinajstić information content (AvgIpc) is 3.60. The van der Waals surface area contributed by atoms with Crippen molar-refractivity contribution in [1.82, 2.24) is 0 Å². The Morgan fingerprint density at radius 1 is 0.395 bits per heavy atom. The van der Waals surface area contributed by atoms with Gasteiger partial charge >= 0.3 is 5.97 Å². The van der Waals surface area contributed by atoms with E-state index in [0.717, 1.165) is 44.9 Å². The van der Waals surface area contributed by atoms with Crippen molar-refractivity contribution in [2.75, 3.05) is 33.0 Å². The molecule has 0 aliphatic carbocycles. The number of aliphatic hydroxyl groups is 7. The number of esters is 1. The van der Waals surface area contributed by atoms with Crippen molar-refractivity contribution in [3.8, 4) is 0 Å². The molecule has 0 aromatic heterocycles. The first-order valence-electron chi connectivity index (χ1n) is 34.3. The van der Waals surface area contributed by atoms with Crippen molar-refractivity contribution < 1.29 is 69.0 Å². The van der Waals surface area contributed by atoms with Crippen LogP contribution in [0.4, 0.5) is 0 Å². The molecule has 11 atom stereocenters. The molecule has 0 saturated carbocycles. The number of aliphatic hydroxyl groups excluding tert-OH is 7. The minimum Gasteiger partial charge on any atom is -0.457 e. The largest absolute Gasteiger partial charge is 0.457 e. The smallest absolute Gasteiger partial charge is 0.306 e. The second-order valence-corrected chi connectivity index (χ2v) is 24.4. The summed E-state index contributed by atoms with van der Waals surface area (Å²) in [5.74, 6) is -0.366. The molecule has 0 aromatic rings. The second kappa shape index (κ2) is 54.1. The summed E-state index contributed by atoms with van der Waals surface area (Å²) < 4.78 is 34.6. The number of rotatable bonds is 58. The lowest BCUT2D eigenvalue weighted by Gasteiger charge is -2.42. The molecule has 81 heavy (non-hydrogen) atoms. The maximum absolute atomic E-state index is 13.1. The van der Waals surface area contributed by atoms with Gasteiger partial charge in [0.05, 0.1) is 26.4 Å². The quantitative estimate of drug-likeness (QED) is 0.0171. The van der Waals surface area contributed by atoms with Gasteiger partial charge in [-0.1, -0.05) is 276 Å². The molecule has 2 aliphatic heterocycles. The highest BCUT2D eigenvalue weighted by atomic mass is 16.7. The minimum atomic E-state index is -1.70. The molecular formula is C67H128O14. The third kappa shape index (κ3) is 39.9. The van der Waals surface area contributed by atoms with Gasteiger partial charge in [-0.2, -0.15) is 0 Å². The maximum atomic E-state index is 13.1. The second-order valence-electron chi connectivity index (χ2n) is 24.4. The van der Waals surface area contributed by atoms with E-state index in [-0.39, 0.29) is 25.6 Å². The van der Waals surface area contributed by atoms with Gasteiger partial charge < -0.3 is 64.2 Å². The van der Waals surface area contributed by atoms with E-state index in [9.17, 15) is 40.5 Å². The number of hydrogen-bond donors (Lipinski definition) is 7. The molecule has 14 nitrogen and oxygen atoms in total. The Hall–Kier alpha value is -1.27. The SMILES string of the molecule is CCCCCCCCCC/C=C\CCCCCCCCCCCCCCCCOCC(COC1OC(COC2OC(CO)C(O)C(O)C2O)C(O)C(O)C1O)OC(=O)CCCCCCCCCCCCCCCCCCCCCCC. The van der Waals surface area contributed by atoms with Crippen LogP contribution in [-0.2, 0) is 33.2 Å². The normalized spacial score (nSPS) is 23.7. The van der Waals surface area contributed by atoms with E-state index >= 15 is 0 Å². The molecule has 0 bridgehead atoms. The monoisotopic (exact) mass is 1160 g/mol. The van der Waals surface area contributed by atoms with Crippen LogP contribution < -0.4 is 0 Å². The lowest BCUT2D eigenvalue weighted by atomic mass is 9.98. The Morgan fingerprint density at radius 3 is 1.12 bits per heavy atom. The lowest BCUT2D eigenvalue weighted by molar-refractivity contribution is -0.332. The zero-order chi connectivity index (χ0) is 58.6. The summed E-state index contributed by atoms with van der Waals surface area (Å²) in [7, 11) is 0. The van der Waals surface area contributed by atoms with Crippen LogP contribution in [0.25, 0.3) is 0 Å². The van der Waals surface area contributed by atoms with E-state index < -0.39 is 80.7 Å². The molecular weight excluding hydrogens is 1030 g/mol. The molecule has 2 fully saturated rings. The lowest BCUT2D eigenvalue weighted by Crippen LogP contribution is -2.61. The third-order valence-corrected chi connectivity index (χ3v) is 16.8. The number of unbranched alkanes of at least 4 members (excludes halogenated alkanes) is 42. The zero-order valence-corrected chi connectivity index (χ0v) is 52.1. The molecule has 2 rings (SSSR count). The van der Waals surface area contributed by atoms with Crippen LogP contribution in [-0.4, -0.2) is 142 Å². The highest BCUT2D eigenvalue weighted by Gasteiger charge is 2.47. The van der Waals surface area contributed by atoms with Gasteiger partial charge in [0, 0.05) is 13.0 Å². The van der Waals surface area contributed by atoms with Crippen LogP contribution in [0.2, 0.25) is 0 Å². The Labute approximate surface area is 495 Å². The van der Waals surface area contributed by atoms with Crippen LogP contribution in [0.1, 0.15) is 309 Å². The molecule has 480 valence electrons. The van der Waals surface area contributed by atoms with Gasteiger partial charge in [0.25, 0.3) is 0 Å². The predicted octanol–water partition coefficient (Wildman–Crippen LogP) is 14.1. The van der Waals surface area contributed by atoms with Crippen LogP contribution in [0.5, 0.6) is 0 Å². The zero-order valence-electron chi connectivity index (χ0n) is 52.1. The van der Waals surface area contributed by atoms with E-state index in [1.54, 1.807) is 0 Å². The van der Waals surface area contributed by atoms with Crippen LogP contribution in [0.15, 0.2) is 12.2 Å². The number of allylic oxidation sites excluding steroid dienone is 2. The number of ether oxygens (including phenoxy) is 6. The predicted molar refractivity (Wildman–Crippen MR) is 326 cm³/mol. The molecule has 11 unspecified atom stereocenters. The summed E-state index contributed by atoms with van der Waals surface area (Å²) in [6.45, 7) is 3.78. The Morgan fingerprint density at radius 2 is 0.728 bits per heavy atom. The summed E-state index contributed by atoms with van der Waals surface area (Å²) in [6, 6.07) is 0. The van der Waals surface area contributed by atoms with Gasteiger partial charge in [0.15, 0.2) is 12.6 Å². The Balaban J connectivity index is 1.63. The number of hydrogen-bond acceptors (Lipinski definition) is 14. The number of carbonyl (C=O) groups excluding carboxylic acids is 1.